The minimum Gasteiger partial charge on any atom is -0.327 e. The predicted molar refractivity (Wildman–Crippen MR) is 121 cm³/mol. The van der Waals surface area contributed by atoms with Crippen LogP contribution >= 0.6 is 0 Å². The van der Waals surface area contributed by atoms with Gasteiger partial charge >= 0.3 is 6.03 Å². The number of amides is 2. The van der Waals surface area contributed by atoms with Gasteiger partial charge in [-0.05, 0) is 74.3 Å². The molecule has 7 heteroatoms. The number of likely N-dealkylation sites (tertiary alicyclic amines) is 1. The number of nitrogens with zero attached hydrogens (tertiary/aromatic N) is 3. The number of piperidine rings is 1. The van der Waals surface area contributed by atoms with E-state index in [1.54, 1.807) is 24.3 Å². The van der Waals surface area contributed by atoms with Gasteiger partial charge in [0, 0.05) is 32.7 Å². The van der Waals surface area contributed by atoms with Crippen LogP contribution in [0, 0.1) is 17.6 Å². The highest BCUT2D eigenvalue weighted by molar-refractivity contribution is 5.75. The first kappa shape index (κ1) is 22.7. The maximum atomic E-state index is 13.4. The molecule has 2 saturated heterocycles. The van der Waals surface area contributed by atoms with Crippen molar-refractivity contribution in [1.82, 2.24) is 20.0 Å². The normalized spacial score (nSPS) is 18.8. The summed E-state index contributed by atoms with van der Waals surface area (Å²) in [7, 11) is 2.18. The first-order valence-corrected chi connectivity index (χ1v) is 11.5. The van der Waals surface area contributed by atoms with Gasteiger partial charge in [0.05, 0.1) is 6.04 Å². The minimum absolute atomic E-state index is 0.150. The zero-order valence-electron chi connectivity index (χ0n) is 18.6. The van der Waals surface area contributed by atoms with Crippen molar-refractivity contribution < 1.29 is 13.6 Å². The topological polar surface area (TPSA) is 38.8 Å². The Hall–Kier alpha value is -2.51. The molecule has 2 aliphatic rings. The van der Waals surface area contributed by atoms with E-state index in [-0.39, 0.29) is 17.7 Å². The zero-order chi connectivity index (χ0) is 22.5. The summed E-state index contributed by atoms with van der Waals surface area (Å²) in [5.41, 5.74) is 1.51. The highest BCUT2D eigenvalue weighted by Gasteiger charge is 2.26. The number of hydrogen-bond acceptors (Lipinski definition) is 3. The molecule has 4 rings (SSSR count). The Bertz CT molecular complexity index is 828. The van der Waals surface area contributed by atoms with E-state index in [9.17, 15) is 13.6 Å². The number of carbonyl (C=O) groups excluding carboxylic acids is 1. The van der Waals surface area contributed by atoms with E-state index in [2.05, 4.69) is 22.2 Å². The van der Waals surface area contributed by atoms with Crippen LogP contribution in [0.1, 0.15) is 30.0 Å². The van der Waals surface area contributed by atoms with Crippen LogP contribution in [0.2, 0.25) is 0 Å². The van der Waals surface area contributed by atoms with Gasteiger partial charge in [0.25, 0.3) is 0 Å². The van der Waals surface area contributed by atoms with Gasteiger partial charge in [-0.15, -0.1) is 0 Å². The highest BCUT2D eigenvalue weighted by Crippen LogP contribution is 2.24. The molecule has 0 radical (unpaired) electrons. The molecule has 0 bridgehead atoms. The molecule has 2 heterocycles. The summed E-state index contributed by atoms with van der Waals surface area (Å²) >= 11 is 0. The lowest BCUT2D eigenvalue weighted by Crippen LogP contribution is -2.53. The van der Waals surface area contributed by atoms with Crippen molar-refractivity contribution in [2.45, 2.75) is 18.9 Å². The number of benzene rings is 2. The number of carbonyl (C=O) groups is 1. The number of hydrogen-bond donors (Lipinski definition) is 1. The largest absolute Gasteiger partial charge is 0.327 e. The summed E-state index contributed by atoms with van der Waals surface area (Å²) in [6, 6.07) is 11.5. The van der Waals surface area contributed by atoms with E-state index in [0.29, 0.717) is 13.1 Å². The Kier molecular flexibility index (Phi) is 7.37. The zero-order valence-corrected chi connectivity index (χ0v) is 18.6. The van der Waals surface area contributed by atoms with Gasteiger partial charge in [0.1, 0.15) is 11.6 Å². The molecule has 0 spiro atoms. The summed E-state index contributed by atoms with van der Waals surface area (Å²) in [6.45, 7) is 6.55. The van der Waals surface area contributed by atoms with Crippen LogP contribution in [0.3, 0.4) is 0 Å². The molecule has 0 atom stereocenters. The number of rotatable bonds is 5. The molecule has 2 aromatic carbocycles. The average Bonchev–Trinajstić information content (AvgIpc) is 2.81. The number of nitrogens with one attached hydrogen (secondary N) is 1. The fraction of sp³-hybridized carbons (Fsp3) is 0.480. The van der Waals surface area contributed by atoms with Crippen LogP contribution < -0.4 is 5.32 Å². The lowest BCUT2D eigenvalue weighted by Gasteiger charge is -2.38. The van der Waals surface area contributed by atoms with Gasteiger partial charge < -0.3 is 15.1 Å². The predicted octanol–water partition coefficient (Wildman–Crippen LogP) is 3.72. The molecule has 1 N–H and O–H groups in total. The molecule has 0 aromatic heterocycles. The van der Waals surface area contributed by atoms with Crippen molar-refractivity contribution in [3.8, 4) is 0 Å². The average molecular weight is 443 g/mol. The third-order valence-electron chi connectivity index (χ3n) is 6.69. The van der Waals surface area contributed by atoms with Gasteiger partial charge in [-0.25, -0.2) is 13.6 Å². The molecule has 172 valence electrons. The molecule has 32 heavy (non-hydrogen) atoms. The van der Waals surface area contributed by atoms with Crippen molar-refractivity contribution >= 4 is 6.03 Å². The Labute approximate surface area is 189 Å². The second-order valence-corrected chi connectivity index (χ2v) is 9.02. The van der Waals surface area contributed by atoms with Crippen molar-refractivity contribution in [2.24, 2.45) is 5.92 Å². The van der Waals surface area contributed by atoms with Gasteiger partial charge in [0.2, 0.25) is 0 Å². The van der Waals surface area contributed by atoms with E-state index >= 15 is 0 Å². The number of halogens is 2. The van der Waals surface area contributed by atoms with Crippen LogP contribution in [0.5, 0.6) is 0 Å². The van der Waals surface area contributed by atoms with Gasteiger partial charge in [-0.3, -0.25) is 4.90 Å². The fourth-order valence-corrected chi connectivity index (χ4v) is 4.63. The molecule has 2 aliphatic heterocycles. The van der Waals surface area contributed by atoms with E-state index in [4.69, 9.17) is 0 Å². The molecule has 2 aromatic rings. The smallest absolute Gasteiger partial charge is 0.318 e. The Morgan fingerprint density at radius 2 is 1.38 bits per heavy atom. The molecule has 0 saturated carbocycles. The molecule has 5 nitrogen and oxygen atoms in total. The molecule has 2 fully saturated rings. The van der Waals surface area contributed by atoms with Crippen molar-refractivity contribution in [2.75, 3.05) is 52.9 Å². The first-order chi connectivity index (χ1) is 15.5. The van der Waals surface area contributed by atoms with Crippen LogP contribution in [-0.4, -0.2) is 73.6 Å². The second kappa shape index (κ2) is 10.4. The Morgan fingerprint density at radius 3 is 1.88 bits per heavy atom. The maximum Gasteiger partial charge on any atom is 0.318 e. The summed E-state index contributed by atoms with van der Waals surface area (Å²) in [5, 5.41) is 3.08. The molecule has 2 amide bonds. The van der Waals surface area contributed by atoms with Crippen LogP contribution in [-0.2, 0) is 0 Å². The Balaban J connectivity index is 1.36. The summed E-state index contributed by atoms with van der Waals surface area (Å²) in [4.78, 5) is 19.8. The quantitative estimate of drug-likeness (QED) is 0.767. The van der Waals surface area contributed by atoms with E-state index in [1.165, 1.54) is 50.2 Å². The lowest BCUT2D eigenvalue weighted by molar-refractivity contribution is 0.109. The van der Waals surface area contributed by atoms with Crippen molar-refractivity contribution in [3.05, 3.63) is 71.3 Å². The van der Waals surface area contributed by atoms with Crippen molar-refractivity contribution in [1.29, 1.82) is 0 Å². The fourth-order valence-electron chi connectivity index (χ4n) is 4.63. The van der Waals surface area contributed by atoms with Gasteiger partial charge in [-0.2, -0.15) is 0 Å². The highest BCUT2D eigenvalue weighted by atomic mass is 19.1. The van der Waals surface area contributed by atoms with Crippen LogP contribution in [0.4, 0.5) is 13.6 Å². The molecular formula is C25H32F2N4O. The second-order valence-electron chi connectivity index (χ2n) is 9.02. The monoisotopic (exact) mass is 442 g/mol. The summed E-state index contributed by atoms with van der Waals surface area (Å²) in [5.74, 6) is 0.0743. The molecule has 0 unspecified atom stereocenters. The van der Waals surface area contributed by atoms with Gasteiger partial charge in [-0.1, -0.05) is 24.3 Å². The summed E-state index contributed by atoms with van der Waals surface area (Å²) in [6.07, 6.45) is 2.49. The molecular weight excluding hydrogens is 410 g/mol. The summed E-state index contributed by atoms with van der Waals surface area (Å²) < 4.78 is 26.9. The maximum absolute atomic E-state index is 13.4. The number of piperazine rings is 1. The number of urea groups is 1. The first-order valence-electron chi connectivity index (χ1n) is 11.5. The SMILES string of the molecule is CN1CCC(CN2CCN(C(=O)NC(c3ccc(F)cc3)c3ccc(F)cc3)CC2)CC1. The third-order valence-corrected chi connectivity index (χ3v) is 6.69. The van der Waals surface area contributed by atoms with E-state index < -0.39 is 6.04 Å². The van der Waals surface area contributed by atoms with E-state index in [0.717, 1.165) is 36.7 Å². The third kappa shape index (κ3) is 5.84. The van der Waals surface area contributed by atoms with Crippen molar-refractivity contribution in [3.63, 3.8) is 0 Å². The minimum atomic E-state index is -0.471. The van der Waals surface area contributed by atoms with Crippen LogP contribution in [0.25, 0.3) is 0 Å². The Morgan fingerprint density at radius 1 is 0.875 bits per heavy atom. The van der Waals surface area contributed by atoms with Crippen LogP contribution in [0.15, 0.2) is 48.5 Å². The van der Waals surface area contributed by atoms with E-state index in [1.807, 2.05) is 4.90 Å². The van der Waals surface area contributed by atoms with Gasteiger partial charge in [0.15, 0.2) is 0 Å². The molecule has 0 aliphatic carbocycles. The lowest BCUT2D eigenvalue weighted by atomic mass is 9.96. The standard InChI is InChI=1S/C25H32F2N4O/c1-29-12-10-19(11-13-29)18-30-14-16-31(17-15-30)25(32)28-24(20-2-6-22(26)7-3-20)21-4-8-23(27)9-5-21/h2-9,19,24H,10-18H2,1H3,(H,28,32).